The molecule has 0 heterocycles. The molecule has 0 bridgehead atoms. The van der Waals surface area contributed by atoms with Crippen molar-refractivity contribution in [1.82, 2.24) is 0 Å². The van der Waals surface area contributed by atoms with E-state index >= 15 is 0 Å². The van der Waals surface area contributed by atoms with Gasteiger partial charge < -0.3 is 14.9 Å². The maximum absolute atomic E-state index is 12.4. The number of rotatable bonds is 6. The number of benzene rings is 2. The van der Waals surface area contributed by atoms with Gasteiger partial charge in [0.25, 0.3) is 0 Å². The summed E-state index contributed by atoms with van der Waals surface area (Å²) in [6.07, 6.45) is 2.01. The topological polar surface area (TPSA) is 101 Å². The molecule has 0 aliphatic rings. The van der Waals surface area contributed by atoms with Gasteiger partial charge in [-0.25, -0.2) is 14.4 Å². The lowest BCUT2D eigenvalue weighted by molar-refractivity contribution is -0.130. The monoisotopic (exact) mass is 340 g/mol. The fourth-order valence-electron chi connectivity index (χ4n) is 2.14. The highest BCUT2D eigenvalue weighted by Crippen LogP contribution is 2.23. The minimum atomic E-state index is -1.31. The summed E-state index contributed by atoms with van der Waals surface area (Å²) in [6.45, 7) is 1.77. The SMILES string of the molecule is CCC(=Cc1ccccc1)C(=O)Oc1cc(C(=O)O)ccc1C(=O)O. The van der Waals surface area contributed by atoms with Crippen LogP contribution in [0.1, 0.15) is 39.6 Å². The van der Waals surface area contributed by atoms with Gasteiger partial charge in [-0.3, -0.25) is 0 Å². The van der Waals surface area contributed by atoms with E-state index in [-0.39, 0.29) is 16.9 Å². The van der Waals surface area contributed by atoms with Crippen molar-refractivity contribution in [3.05, 3.63) is 70.8 Å². The molecular weight excluding hydrogens is 324 g/mol. The number of esters is 1. The quantitative estimate of drug-likeness (QED) is 0.474. The average Bonchev–Trinajstić information content (AvgIpc) is 2.60. The zero-order chi connectivity index (χ0) is 18.4. The van der Waals surface area contributed by atoms with Gasteiger partial charge in [-0.15, -0.1) is 0 Å². The maximum atomic E-state index is 12.4. The number of carboxylic acid groups (broad SMARTS) is 2. The Morgan fingerprint density at radius 3 is 2.24 bits per heavy atom. The molecule has 6 nitrogen and oxygen atoms in total. The molecule has 0 amide bonds. The van der Waals surface area contributed by atoms with Crippen LogP contribution in [0.25, 0.3) is 6.08 Å². The number of carbonyl (C=O) groups is 3. The lowest BCUT2D eigenvalue weighted by Crippen LogP contribution is -2.14. The van der Waals surface area contributed by atoms with Crippen LogP contribution in [-0.2, 0) is 4.79 Å². The normalized spacial score (nSPS) is 11.0. The molecule has 0 aromatic heterocycles. The number of hydrogen-bond donors (Lipinski definition) is 2. The summed E-state index contributed by atoms with van der Waals surface area (Å²) >= 11 is 0. The largest absolute Gasteiger partial charge is 0.478 e. The highest BCUT2D eigenvalue weighted by molar-refractivity contribution is 5.99. The van der Waals surface area contributed by atoms with Gasteiger partial charge in [0.15, 0.2) is 0 Å². The lowest BCUT2D eigenvalue weighted by atomic mass is 10.1. The Balaban J connectivity index is 2.35. The van der Waals surface area contributed by atoms with E-state index in [2.05, 4.69) is 0 Å². The van der Waals surface area contributed by atoms with Crippen molar-refractivity contribution in [2.24, 2.45) is 0 Å². The molecule has 2 aromatic carbocycles. The Morgan fingerprint density at radius 1 is 1.00 bits per heavy atom. The summed E-state index contributed by atoms with van der Waals surface area (Å²) in [5.74, 6) is -3.59. The van der Waals surface area contributed by atoms with Crippen molar-refractivity contribution in [3.63, 3.8) is 0 Å². The molecule has 0 radical (unpaired) electrons. The molecule has 0 aliphatic heterocycles. The maximum Gasteiger partial charge on any atom is 0.339 e. The van der Waals surface area contributed by atoms with E-state index < -0.39 is 17.9 Å². The van der Waals surface area contributed by atoms with E-state index in [9.17, 15) is 19.5 Å². The van der Waals surface area contributed by atoms with Gasteiger partial charge in [0.05, 0.1) is 5.56 Å². The number of carbonyl (C=O) groups excluding carboxylic acids is 1. The minimum absolute atomic E-state index is 0.169. The highest BCUT2D eigenvalue weighted by atomic mass is 16.5. The van der Waals surface area contributed by atoms with E-state index in [4.69, 9.17) is 9.84 Å². The number of carboxylic acids is 2. The van der Waals surface area contributed by atoms with Crippen LogP contribution in [0.15, 0.2) is 54.1 Å². The van der Waals surface area contributed by atoms with Crippen molar-refractivity contribution in [3.8, 4) is 5.75 Å². The fourth-order valence-corrected chi connectivity index (χ4v) is 2.14. The molecular formula is C19H16O6. The third-order valence-electron chi connectivity index (χ3n) is 3.45. The Hall–Kier alpha value is -3.41. The standard InChI is InChI=1S/C19H16O6/c1-2-13(10-12-6-4-3-5-7-12)19(24)25-16-11-14(17(20)21)8-9-15(16)18(22)23/h3-11H,2H2,1H3,(H,20,21)(H,22,23). The first-order valence-corrected chi connectivity index (χ1v) is 7.50. The second-order valence-electron chi connectivity index (χ2n) is 5.14. The molecule has 2 rings (SSSR count). The second kappa shape index (κ2) is 7.92. The summed E-state index contributed by atoms with van der Waals surface area (Å²) < 4.78 is 5.17. The highest BCUT2D eigenvalue weighted by Gasteiger charge is 2.19. The molecule has 0 unspecified atom stereocenters. The molecule has 0 saturated heterocycles. The van der Waals surface area contributed by atoms with Crippen molar-refractivity contribution in [1.29, 1.82) is 0 Å². The first-order chi connectivity index (χ1) is 11.9. The second-order valence-corrected chi connectivity index (χ2v) is 5.14. The molecule has 0 spiro atoms. The van der Waals surface area contributed by atoms with Crippen LogP contribution in [0.5, 0.6) is 5.75 Å². The van der Waals surface area contributed by atoms with Crippen LogP contribution in [-0.4, -0.2) is 28.1 Å². The lowest BCUT2D eigenvalue weighted by Gasteiger charge is -2.10. The third-order valence-corrected chi connectivity index (χ3v) is 3.45. The van der Waals surface area contributed by atoms with Crippen LogP contribution in [0.3, 0.4) is 0 Å². The van der Waals surface area contributed by atoms with Crippen molar-refractivity contribution >= 4 is 24.0 Å². The zero-order valence-electron chi connectivity index (χ0n) is 13.4. The molecule has 2 aromatic rings. The van der Waals surface area contributed by atoms with Gasteiger partial charge in [-0.1, -0.05) is 37.3 Å². The zero-order valence-corrected chi connectivity index (χ0v) is 13.4. The predicted molar refractivity (Wildman–Crippen MR) is 90.7 cm³/mol. The fraction of sp³-hybridized carbons (Fsp3) is 0.105. The number of hydrogen-bond acceptors (Lipinski definition) is 4. The van der Waals surface area contributed by atoms with Crippen LogP contribution in [0.4, 0.5) is 0 Å². The van der Waals surface area contributed by atoms with Crippen LogP contribution >= 0.6 is 0 Å². The smallest absolute Gasteiger partial charge is 0.339 e. The van der Waals surface area contributed by atoms with E-state index in [1.165, 1.54) is 0 Å². The van der Waals surface area contributed by atoms with E-state index in [0.29, 0.717) is 12.0 Å². The van der Waals surface area contributed by atoms with Gasteiger partial charge in [0, 0.05) is 5.57 Å². The molecule has 2 N–H and O–H groups in total. The summed E-state index contributed by atoms with van der Waals surface area (Å²) in [6, 6.07) is 12.4. The van der Waals surface area contributed by atoms with Gasteiger partial charge in [-0.2, -0.15) is 0 Å². The van der Waals surface area contributed by atoms with Gasteiger partial charge in [-0.05, 0) is 36.3 Å². The Morgan fingerprint density at radius 2 is 1.68 bits per heavy atom. The summed E-state index contributed by atoms with van der Waals surface area (Å²) in [4.78, 5) is 34.7. The van der Waals surface area contributed by atoms with Gasteiger partial charge in [0.1, 0.15) is 11.3 Å². The van der Waals surface area contributed by atoms with E-state index in [1.807, 2.05) is 30.3 Å². The molecule has 0 fully saturated rings. The van der Waals surface area contributed by atoms with Gasteiger partial charge >= 0.3 is 17.9 Å². The molecule has 0 aliphatic carbocycles. The van der Waals surface area contributed by atoms with Crippen molar-refractivity contribution < 1.29 is 29.3 Å². The Bertz CT molecular complexity index is 836. The summed E-state index contributed by atoms with van der Waals surface area (Å²) in [5.41, 5.74) is 0.684. The van der Waals surface area contributed by atoms with Crippen LogP contribution in [0.2, 0.25) is 0 Å². The predicted octanol–water partition coefficient (Wildman–Crippen LogP) is 3.48. The molecule has 6 heteroatoms. The molecule has 25 heavy (non-hydrogen) atoms. The summed E-state index contributed by atoms with van der Waals surface area (Å²) in [7, 11) is 0. The first kappa shape index (κ1) is 17.9. The molecule has 128 valence electrons. The van der Waals surface area contributed by atoms with Crippen molar-refractivity contribution in [2.45, 2.75) is 13.3 Å². The number of aromatic carboxylic acids is 2. The number of ether oxygens (including phenoxy) is 1. The Kier molecular flexibility index (Phi) is 5.68. The molecule has 0 atom stereocenters. The minimum Gasteiger partial charge on any atom is -0.478 e. The van der Waals surface area contributed by atoms with Crippen molar-refractivity contribution in [2.75, 3.05) is 0 Å². The Labute approximate surface area is 144 Å². The van der Waals surface area contributed by atoms with E-state index in [0.717, 1.165) is 23.8 Å². The first-order valence-electron chi connectivity index (χ1n) is 7.50. The van der Waals surface area contributed by atoms with E-state index in [1.54, 1.807) is 13.0 Å². The van der Waals surface area contributed by atoms with Crippen LogP contribution in [0, 0.1) is 0 Å². The summed E-state index contributed by atoms with van der Waals surface area (Å²) in [5, 5.41) is 18.2. The van der Waals surface area contributed by atoms with Gasteiger partial charge in [0.2, 0.25) is 0 Å². The van der Waals surface area contributed by atoms with Crippen LogP contribution < -0.4 is 4.74 Å². The third kappa shape index (κ3) is 4.54. The molecule has 0 saturated carbocycles. The average molecular weight is 340 g/mol.